The van der Waals surface area contributed by atoms with E-state index in [2.05, 4.69) is 9.88 Å². The van der Waals surface area contributed by atoms with Crippen LogP contribution in [0.15, 0.2) is 60.8 Å². The quantitative estimate of drug-likeness (QED) is 0.285. The summed E-state index contributed by atoms with van der Waals surface area (Å²) in [7, 11) is 1.63. The Labute approximate surface area is 210 Å². The standard InChI is InChI=1S/C29H30N2O5/c1-34-27-18-24-25(19-28(27)35-16-6-15-31-13-3-2-4-14-31)30-12-11-26(24)36-21-9-10-22-20(17-21)7-5-8-23(22)29(32)33/h5,7-12,17-19H,2-4,6,13-16H2,1H3,(H,32,33). The lowest BCUT2D eigenvalue weighted by atomic mass is 10.0. The van der Waals surface area contributed by atoms with Crippen molar-refractivity contribution in [1.29, 1.82) is 0 Å². The van der Waals surface area contributed by atoms with Gasteiger partial charge in [0.05, 0.1) is 24.8 Å². The monoisotopic (exact) mass is 486 g/mol. The minimum Gasteiger partial charge on any atom is -0.493 e. The first kappa shape index (κ1) is 23.9. The van der Waals surface area contributed by atoms with Crippen molar-refractivity contribution in [3.8, 4) is 23.0 Å². The van der Waals surface area contributed by atoms with Gasteiger partial charge in [-0.05, 0) is 79.5 Å². The first-order valence-electron chi connectivity index (χ1n) is 12.4. The van der Waals surface area contributed by atoms with E-state index in [0.717, 1.165) is 29.3 Å². The van der Waals surface area contributed by atoms with E-state index in [1.54, 1.807) is 43.6 Å². The van der Waals surface area contributed by atoms with Crippen LogP contribution >= 0.6 is 0 Å². The highest BCUT2D eigenvalue weighted by Gasteiger charge is 2.14. The summed E-state index contributed by atoms with van der Waals surface area (Å²) in [5.41, 5.74) is 1.01. The third-order valence-corrected chi connectivity index (χ3v) is 6.62. The van der Waals surface area contributed by atoms with Crippen LogP contribution < -0.4 is 14.2 Å². The van der Waals surface area contributed by atoms with E-state index in [-0.39, 0.29) is 5.56 Å². The maximum Gasteiger partial charge on any atom is 0.336 e. The van der Waals surface area contributed by atoms with Crippen LogP contribution in [0.1, 0.15) is 36.0 Å². The summed E-state index contributed by atoms with van der Waals surface area (Å²) >= 11 is 0. The second-order valence-corrected chi connectivity index (χ2v) is 9.03. The maximum atomic E-state index is 11.5. The molecule has 1 N–H and O–H groups in total. The topological polar surface area (TPSA) is 81.1 Å². The van der Waals surface area contributed by atoms with Gasteiger partial charge in [-0.15, -0.1) is 0 Å². The van der Waals surface area contributed by atoms with Crippen molar-refractivity contribution >= 4 is 27.6 Å². The molecule has 7 nitrogen and oxygen atoms in total. The van der Waals surface area contributed by atoms with Gasteiger partial charge in [-0.1, -0.05) is 18.6 Å². The van der Waals surface area contributed by atoms with Crippen molar-refractivity contribution in [2.24, 2.45) is 0 Å². The number of methoxy groups -OCH3 is 1. The van der Waals surface area contributed by atoms with Crippen LogP contribution in [0.5, 0.6) is 23.0 Å². The Kier molecular flexibility index (Phi) is 7.18. The van der Waals surface area contributed by atoms with Crippen LogP contribution in [0, 0.1) is 0 Å². The fraction of sp³-hybridized carbons (Fsp3) is 0.310. The van der Waals surface area contributed by atoms with Crippen LogP contribution in [0.25, 0.3) is 21.7 Å². The van der Waals surface area contributed by atoms with Crippen LogP contribution in [0.4, 0.5) is 0 Å². The first-order valence-corrected chi connectivity index (χ1v) is 12.4. The summed E-state index contributed by atoms with van der Waals surface area (Å²) in [5.74, 6) is 1.58. The van der Waals surface area contributed by atoms with Crippen LogP contribution in [-0.2, 0) is 0 Å². The van der Waals surface area contributed by atoms with Crippen molar-refractivity contribution < 1.29 is 24.1 Å². The summed E-state index contributed by atoms with van der Waals surface area (Å²) < 4.78 is 17.9. The van der Waals surface area contributed by atoms with E-state index >= 15 is 0 Å². The minimum absolute atomic E-state index is 0.265. The molecule has 1 aliphatic rings. The van der Waals surface area contributed by atoms with Crippen molar-refractivity contribution in [3.05, 3.63) is 66.4 Å². The van der Waals surface area contributed by atoms with Crippen LogP contribution in [0.2, 0.25) is 0 Å². The van der Waals surface area contributed by atoms with Gasteiger partial charge >= 0.3 is 5.97 Å². The number of aromatic carboxylic acids is 1. The molecular formula is C29H30N2O5. The number of fused-ring (bicyclic) bond motifs is 2. The Morgan fingerprint density at radius 2 is 1.83 bits per heavy atom. The zero-order valence-corrected chi connectivity index (χ0v) is 20.4. The average molecular weight is 487 g/mol. The summed E-state index contributed by atoms with van der Waals surface area (Å²) in [6.07, 6.45) is 6.58. The Balaban J connectivity index is 1.34. The molecule has 0 spiro atoms. The number of hydrogen-bond donors (Lipinski definition) is 1. The molecule has 1 aromatic heterocycles. The Morgan fingerprint density at radius 3 is 2.64 bits per heavy atom. The van der Waals surface area contributed by atoms with Crippen molar-refractivity contribution in [3.63, 3.8) is 0 Å². The SMILES string of the molecule is COc1cc2c(Oc3ccc4c(C(=O)O)cccc4c3)ccnc2cc1OCCCN1CCCCC1. The normalized spacial score (nSPS) is 14.1. The Morgan fingerprint density at radius 1 is 0.972 bits per heavy atom. The molecule has 0 radical (unpaired) electrons. The Bertz CT molecular complexity index is 1380. The van der Waals surface area contributed by atoms with E-state index in [4.69, 9.17) is 14.2 Å². The number of aromatic nitrogens is 1. The molecular weight excluding hydrogens is 456 g/mol. The number of piperidine rings is 1. The number of hydrogen-bond acceptors (Lipinski definition) is 6. The molecule has 2 heterocycles. The number of pyridine rings is 1. The van der Waals surface area contributed by atoms with E-state index in [1.165, 1.54) is 32.4 Å². The predicted octanol–water partition coefficient (Wildman–Crippen LogP) is 6.14. The van der Waals surface area contributed by atoms with Crippen LogP contribution in [-0.4, -0.2) is 54.3 Å². The molecule has 0 atom stereocenters. The van der Waals surface area contributed by atoms with Gasteiger partial charge in [0.2, 0.25) is 0 Å². The maximum absolute atomic E-state index is 11.5. The van der Waals surface area contributed by atoms with Gasteiger partial charge in [0, 0.05) is 24.2 Å². The summed E-state index contributed by atoms with van der Waals surface area (Å²) in [6, 6.07) is 16.2. The molecule has 5 rings (SSSR count). The smallest absolute Gasteiger partial charge is 0.336 e. The molecule has 0 aliphatic carbocycles. The molecule has 3 aromatic carbocycles. The highest BCUT2D eigenvalue weighted by molar-refractivity contribution is 6.04. The highest BCUT2D eigenvalue weighted by atomic mass is 16.5. The highest BCUT2D eigenvalue weighted by Crippen LogP contribution is 2.37. The van der Waals surface area contributed by atoms with Gasteiger partial charge < -0.3 is 24.2 Å². The summed E-state index contributed by atoms with van der Waals surface area (Å²) in [4.78, 5) is 18.5. The molecule has 186 valence electrons. The number of benzene rings is 3. The number of rotatable bonds is 9. The third-order valence-electron chi connectivity index (χ3n) is 6.62. The number of likely N-dealkylation sites (tertiary alicyclic amines) is 1. The number of carbonyl (C=O) groups is 1. The number of ether oxygens (including phenoxy) is 3. The minimum atomic E-state index is -0.953. The fourth-order valence-corrected chi connectivity index (χ4v) is 4.78. The van der Waals surface area contributed by atoms with Gasteiger partial charge in [0.1, 0.15) is 11.5 Å². The van der Waals surface area contributed by atoms with E-state index < -0.39 is 5.97 Å². The molecule has 0 amide bonds. The molecule has 0 saturated carbocycles. The molecule has 0 unspecified atom stereocenters. The van der Waals surface area contributed by atoms with Gasteiger partial charge in [0.15, 0.2) is 11.5 Å². The fourth-order valence-electron chi connectivity index (χ4n) is 4.78. The number of carboxylic acid groups (broad SMARTS) is 1. The second-order valence-electron chi connectivity index (χ2n) is 9.03. The molecule has 4 aromatic rings. The van der Waals surface area contributed by atoms with Crippen molar-refractivity contribution in [2.45, 2.75) is 25.7 Å². The van der Waals surface area contributed by atoms with E-state index in [0.29, 0.717) is 35.0 Å². The van der Waals surface area contributed by atoms with Gasteiger partial charge in [-0.2, -0.15) is 0 Å². The molecule has 1 fully saturated rings. The van der Waals surface area contributed by atoms with Crippen molar-refractivity contribution in [1.82, 2.24) is 9.88 Å². The van der Waals surface area contributed by atoms with Crippen LogP contribution in [0.3, 0.4) is 0 Å². The Hall–Kier alpha value is -3.84. The molecule has 1 saturated heterocycles. The van der Waals surface area contributed by atoms with E-state index in [1.807, 2.05) is 24.3 Å². The second kappa shape index (κ2) is 10.8. The van der Waals surface area contributed by atoms with Gasteiger partial charge in [-0.25, -0.2) is 4.79 Å². The van der Waals surface area contributed by atoms with E-state index in [9.17, 15) is 9.90 Å². The average Bonchev–Trinajstić information content (AvgIpc) is 2.91. The van der Waals surface area contributed by atoms with Crippen molar-refractivity contribution in [2.75, 3.05) is 33.4 Å². The summed E-state index contributed by atoms with van der Waals surface area (Å²) in [5, 5.41) is 11.7. The molecule has 0 bridgehead atoms. The first-order chi connectivity index (χ1) is 17.6. The lowest BCUT2D eigenvalue weighted by Crippen LogP contribution is -2.31. The lowest BCUT2D eigenvalue weighted by molar-refractivity contribution is 0.0699. The van der Waals surface area contributed by atoms with Gasteiger partial charge in [0.25, 0.3) is 0 Å². The molecule has 36 heavy (non-hydrogen) atoms. The molecule has 7 heteroatoms. The zero-order valence-electron chi connectivity index (χ0n) is 20.4. The molecule has 1 aliphatic heterocycles. The predicted molar refractivity (Wildman–Crippen MR) is 140 cm³/mol. The summed E-state index contributed by atoms with van der Waals surface area (Å²) in [6.45, 7) is 4.03. The zero-order chi connectivity index (χ0) is 24.9. The number of nitrogens with zero attached hydrogens (tertiary/aromatic N) is 2. The van der Waals surface area contributed by atoms with Gasteiger partial charge in [-0.3, -0.25) is 4.98 Å². The number of carboxylic acids is 1. The lowest BCUT2D eigenvalue weighted by Gasteiger charge is -2.26. The third kappa shape index (κ3) is 5.21. The largest absolute Gasteiger partial charge is 0.493 e.